The number of hydrogen-bond donors (Lipinski definition) is 1. The van der Waals surface area contributed by atoms with Crippen LogP contribution in [0.4, 0.5) is 4.39 Å². The zero-order chi connectivity index (χ0) is 18.4. The number of halogens is 1. The molecule has 0 unspecified atom stereocenters. The highest BCUT2D eigenvalue weighted by atomic mass is 32.2. The lowest BCUT2D eigenvalue weighted by atomic mass is 10.1. The third kappa shape index (κ3) is 4.96. The predicted octanol–water partition coefficient (Wildman–Crippen LogP) is 2.28. The topological polar surface area (TPSA) is 76.9 Å². The van der Waals surface area contributed by atoms with E-state index in [9.17, 15) is 12.8 Å². The molecule has 0 aliphatic heterocycles. The monoisotopic (exact) mass is 374 g/mol. The summed E-state index contributed by atoms with van der Waals surface area (Å²) < 4.78 is 42.3. The smallest absolute Gasteiger partial charge is 0.216 e. The largest absolute Gasteiger partial charge is 0.316 e. The van der Waals surface area contributed by atoms with E-state index in [-0.39, 0.29) is 12.1 Å². The minimum absolute atomic E-state index is 0.00553. The molecule has 1 aromatic heterocycles. The molecule has 0 radical (unpaired) electrons. The fraction of sp³-hybridized carbons (Fsp3) is 0.222. The first-order valence-electron chi connectivity index (χ1n) is 8.15. The molecule has 0 aliphatic carbocycles. The normalized spacial score (nSPS) is 11.6. The third-order valence-corrected chi connectivity index (χ3v) is 5.21. The van der Waals surface area contributed by atoms with Crippen molar-refractivity contribution >= 4 is 10.0 Å². The minimum atomic E-state index is -3.69. The zero-order valence-electron chi connectivity index (χ0n) is 14.0. The van der Waals surface area contributed by atoms with Gasteiger partial charge in [0.15, 0.2) is 0 Å². The van der Waals surface area contributed by atoms with Crippen LogP contribution in [0.15, 0.2) is 60.9 Å². The first-order valence-corrected chi connectivity index (χ1v) is 9.80. The number of hydrogen-bond acceptors (Lipinski definition) is 4. The van der Waals surface area contributed by atoms with Gasteiger partial charge in [0.2, 0.25) is 10.0 Å². The van der Waals surface area contributed by atoms with E-state index in [0.717, 1.165) is 6.42 Å². The number of nitrogens with zero attached hydrogens (tertiary/aromatic N) is 3. The molecule has 0 fully saturated rings. The van der Waals surface area contributed by atoms with E-state index >= 15 is 0 Å². The summed E-state index contributed by atoms with van der Waals surface area (Å²) >= 11 is 0. The van der Waals surface area contributed by atoms with Crippen LogP contribution in [-0.2, 0) is 35.3 Å². The first kappa shape index (κ1) is 18.2. The van der Waals surface area contributed by atoms with Crippen LogP contribution in [0.2, 0.25) is 0 Å². The maximum absolute atomic E-state index is 13.6. The Kier molecular flexibility index (Phi) is 5.75. The van der Waals surface area contributed by atoms with Crippen LogP contribution in [0.25, 0.3) is 0 Å². The summed E-state index contributed by atoms with van der Waals surface area (Å²) in [6, 6.07) is 15.8. The van der Waals surface area contributed by atoms with Crippen LogP contribution in [0.3, 0.4) is 0 Å². The maximum atomic E-state index is 13.6. The van der Waals surface area contributed by atoms with Crippen LogP contribution in [0.1, 0.15) is 17.0 Å². The Morgan fingerprint density at radius 3 is 2.54 bits per heavy atom. The molecule has 0 atom stereocenters. The van der Waals surface area contributed by atoms with Crippen LogP contribution >= 0.6 is 0 Å². The van der Waals surface area contributed by atoms with Crippen molar-refractivity contribution in [2.24, 2.45) is 0 Å². The molecule has 0 saturated heterocycles. The van der Waals surface area contributed by atoms with E-state index in [2.05, 4.69) is 14.9 Å². The molecule has 3 aromatic rings. The van der Waals surface area contributed by atoms with Gasteiger partial charge >= 0.3 is 0 Å². The summed E-state index contributed by atoms with van der Waals surface area (Å²) in [5, 5.41) is 7.82. The molecule has 2 aromatic carbocycles. The molecule has 0 saturated carbocycles. The fourth-order valence-electron chi connectivity index (χ4n) is 2.54. The van der Waals surface area contributed by atoms with Gasteiger partial charge in [-0.15, -0.1) is 10.2 Å². The van der Waals surface area contributed by atoms with Crippen LogP contribution in [0.5, 0.6) is 0 Å². The van der Waals surface area contributed by atoms with Crippen molar-refractivity contribution in [1.82, 2.24) is 19.5 Å². The van der Waals surface area contributed by atoms with E-state index in [1.54, 1.807) is 17.0 Å². The van der Waals surface area contributed by atoms with E-state index < -0.39 is 21.6 Å². The minimum Gasteiger partial charge on any atom is -0.316 e. The Balaban J connectivity index is 1.59. The molecule has 3 rings (SSSR count). The molecule has 136 valence electrons. The number of aryl methyl sites for hydroxylation is 2. The summed E-state index contributed by atoms with van der Waals surface area (Å²) in [7, 11) is -3.69. The number of benzene rings is 2. The van der Waals surface area contributed by atoms with Gasteiger partial charge in [-0.3, -0.25) is 0 Å². The van der Waals surface area contributed by atoms with Crippen LogP contribution in [-0.4, -0.2) is 23.2 Å². The molecule has 1 heterocycles. The van der Waals surface area contributed by atoms with Crippen LogP contribution < -0.4 is 4.72 Å². The van der Waals surface area contributed by atoms with E-state index in [0.29, 0.717) is 12.4 Å². The van der Waals surface area contributed by atoms with Gasteiger partial charge in [0.05, 0.1) is 12.3 Å². The van der Waals surface area contributed by atoms with Crippen molar-refractivity contribution in [2.45, 2.75) is 25.3 Å². The quantitative estimate of drug-likeness (QED) is 0.656. The highest BCUT2D eigenvalue weighted by molar-refractivity contribution is 7.88. The lowest BCUT2D eigenvalue weighted by Gasteiger charge is -2.09. The van der Waals surface area contributed by atoms with Crippen molar-refractivity contribution in [1.29, 1.82) is 0 Å². The van der Waals surface area contributed by atoms with Crippen molar-refractivity contribution in [2.75, 3.05) is 0 Å². The standard InChI is InChI=1S/C18H19FN4O2S/c19-17-9-5-4-8-16(17)13-26(24,25)21-12-18-22-20-14-23(18)11-10-15-6-2-1-3-7-15/h1-9,14,21H,10-13H2. The number of rotatable bonds is 8. The van der Waals surface area contributed by atoms with Crippen molar-refractivity contribution in [3.63, 3.8) is 0 Å². The average molecular weight is 374 g/mol. The molecule has 6 nitrogen and oxygen atoms in total. The second-order valence-electron chi connectivity index (χ2n) is 5.85. The Bertz CT molecular complexity index is 958. The van der Waals surface area contributed by atoms with E-state index in [4.69, 9.17) is 0 Å². The average Bonchev–Trinajstić information content (AvgIpc) is 3.09. The summed E-state index contributed by atoms with van der Waals surface area (Å²) in [5.41, 5.74) is 1.30. The Hall–Kier alpha value is -2.58. The van der Waals surface area contributed by atoms with Gasteiger partial charge in [0, 0.05) is 12.1 Å². The van der Waals surface area contributed by atoms with Gasteiger partial charge < -0.3 is 4.57 Å². The molecule has 0 bridgehead atoms. The number of aromatic nitrogens is 3. The SMILES string of the molecule is O=S(=O)(Cc1ccccc1F)NCc1nncn1CCc1ccccc1. The molecule has 26 heavy (non-hydrogen) atoms. The molecule has 1 N–H and O–H groups in total. The van der Waals surface area contributed by atoms with Gasteiger partial charge in [0.25, 0.3) is 0 Å². The fourth-order valence-corrected chi connectivity index (χ4v) is 3.64. The number of sulfonamides is 1. The molecular weight excluding hydrogens is 355 g/mol. The predicted molar refractivity (Wildman–Crippen MR) is 96.0 cm³/mol. The summed E-state index contributed by atoms with van der Waals surface area (Å²) in [6.07, 6.45) is 2.36. The van der Waals surface area contributed by atoms with Gasteiger partial charge in [-0.1, -0.05) is 48.5 Å². The second-order valence-corrected chi connectivity index (χ2v) is 7.65. The molecule has 0 aliphatic rings. The van der Waals surface area contributed by atoms with E-state index in [1.807, 2.05) is 30.3 Å². The Morgan fingerprint density at radius 2 is 1.77 bits per heavy atom. The highest BCUT2D eigenvalue weighted by Crippen LogP contribution is 2.10. The molecule has 8 heteroatoms. The van der Waals surface area contributed by atoms with Gasteiger partial charge in [0.1, 0.15) is 18.0 Å². The first-order chi connectivity index (χ1) is 12.5. The number of nitrogens with one attached hydrogen (secondary N) is 1. The van der Waals surface area contributed by atoms with Gasteiger partial charge in [-0.2, -0.15) is 0 Å². The molecular formula is C18H19FN4O2S. The third-order valence-electron chi connectivity index (χ3n) is 3.93. The second kappa shape index (κ2) is 8.20. The highest BCUT2D eigenvalue weighted by Gasteiger charge is 2.15. The molecule has 0 amide bonds. The van der Waals surface area contributed by atoms with Crippen LogP contribution in [0, 0.1) is 5.82 Å². The summed E-state index contributed by atoms with van der Waals surface area (Å²) in [5.74, 6) is -0.445. The Labute approximate surface area is 151 Å². The van der Waals surface area contributed by atoms with Crippen molar-refractivity contribution < 1.29 is 12.8 Å². The summed E-state index contributed by atoms with van der Waals surface area (Å²) in [6.45, 7) is 0.646. The van der Waals surface area contributed by atoms with Gasteiger partial charge in [-0.05, 0) is 18.1 Å². The van der Waals surface area contributed by atoms with Gasteiger partial charge in [-0.25, -0.2) is 17.5 Å². The van der Waals surface area contributed by atoms with Crippen molar-refractivity contribution in [3.8, 4) is 0 Å². The van der Waals surface area contributed by atoms with E-state index in [1.165, 1.54) is 23.8 Å². The van der Waals surface area contributed by atoms with Crippen molar-refractivity contribution in [3.05, 3.63) is 83.7 Å². The Morgan fingerprint density at radius 1 is 1.04 bits per heavy atom. The zero-order valence-corrected chi connectivity index (χ0v) is 14.9. The maximum Gasteiger partial charge on any atom is 0.216 e. The lowest BCUT2D eigenvalue weighted by molar-refractivity contribution is 0.567. The molecule has 0 spiro atoms. The lowest BCUT2D eigenvalue weighted by Crippen LogP contribution is -2.26. The summed E-state index contributed by atoms with van der Waals surface area (Å²) in [4.78, 5) is 0.